The van der Waals surface area contributed by atoms with Gasteiger partial charge in [0.2, 0.25) is 5.88 Å². The van der Waals surface area contributed by atoms with Gasteiger partial charge >= 0.3 is 5.97 Å². The molecule has 6 heteroatoms. The second-order valence-corrected chi connectivity index (χ2v) is 7.03. The van der Waals surface area contributed by atoms with E-state index in [0.29, 0.717) is 31.0 Å². The highest BCUT2D eigenvalue weighted by Crippen LogP contribution is 2.23. The number of aryl methyl sites for hydroxylation is 3. The third-order valence-corrected chi connectivity index (χ3v) is 4.71. The molecular weight excluding hydrogens is 380 g/mol. The molecule has 0 fully saturated rings. The first kappa shape index (κ1) is 21.3. The first-order valence-corrected chi connectivity index (χ1v) is 9.96. The van der Waals surface area contributed by atoms with Gasteiger partial charge in [-0.15, -0.1) is 0 Å². The van der Waals surface area contributed by atoms with Crippen LogP contribution >= 0.6 is 0 Å². The predicted octanol–water partition coefficient (Wildman–Crippen LogP) is 4.29. The number of hydrogen-bond donors (Lipinski definition) is 1. The highest BCUT2D eigenvalue weighted by molar-refractivity contribution is 5.87. The molecule has 1 aromatic carbocycles. The Kier molecular flexibility index (Phi) is 7.38. The minimum absolute atomic E-state index is 0.266. The predicted molar refractivity (Wildman–Crippen MR) is 114 cm³/mol. The van der Waals surface area contributed by atoms with E-state index in [1.807, 2.05) is 24.3 Å². The minimum atomic E-state index is -0.940. The number of aromatic nitrogens is 2. The molecule has 0 unspecified atom stereocenters. The van der Waals surface area contributed by atoms with Crippen LogP contribution in [0.4, 0.5) is 0 Å². The summed E-state index contributed by atoms with van der Waals surface area (Å²) in [5.74, 6) is 0.350. The van der Waals surface area contributed by atoms with E-state index < -0.39 is 5.97 Å². The number of ether oxygens (including phenoxy) is 2. The fraction of sp³-hybridized carbons (Fsp3) is 0.292. The largest absolute Gasteiger partial charge is 0.491 e. The molecule has 0 spiro atoms. The van der Waals surface area contributed by atoms with Crippen LogP contribution in [-0.4, -0.2) is 34.8 Å². The first-order chi connectivity index (χ1) is 14.5. The van der Waals surface area contributed by atoms with Crippen molar-refractivity contribution in [3.05, 3.63) is 82.8 Å². The maximum Gasteiger partial charge on any atom is 0.335 e. The monoisotopic (exact) mass is 406 g/mol. The quantitative estimate of drug-likeness (QED) is 0.541. The average Bonchev–Trinajstić information content (AvgIpc) is 2.75. The molecule has 0 bridgehead atoms. The Balaban J connectivity index is 1.63. The van der Waals surface area contributed by atoms with Crippen molar-refractivity contribution in [3.8, 4) is 11.6 Å². The molecule has 6 nitrogen and oxygen atoms in total. The molecule has 156 valence electrons. The summed E-state index contributed by atoms with van der Waals surface area (Å²) in [5, 5.41) is 9.23. The summed E-state index contributed by atoms with van der Waals surface area (Å²) < 4.78 is 11.3. The van der Waals surface area contributed by atoms with E-state index in [0.717, 1.165) is 30.0 Å². The van der Waals surface area contributed by atoms with E-state index in [-0.39, 0.29) is 5.56 Å². The van der Waals surface area contributed by atoms with Crippen LogP contribution < -0.4 is 9.47 Å². The van der Waals surface area contributed by atoms with Crippen molar-refractivity contribution in [1.29, 1.82) is 0 Å². The molecule has 0 atom stereocenters. The summed E-state index contributed by atoms with van der Waals surface area (Å²) in [7, 11) is 1.59. The van der Waals surface area contributed by atoms with E-state index >= 15 is 0 Å². The third-order valence-electron chi connectivity index (χ3n) is 4.71. The van der Waals surface area contributed by atoms with Crippen LogP contribution in [0.1, 0.15) is 39.4 Å². The molecule has 0 aliphatic heterocycles. The number of rotatable bonds is 10. The zero-order valence-electron chi connectivity index (χ0n) is 17.3. The molecule has 2 aromatic heterocycles. The summed E-state index contributed by atoms with van der Waals surface area (Å²) in [6.45, 7) is 2.37. The van der Waals surface area contributed by atoms with Crippen molar-refractivity contribution < 1.29 is 19.4 Å². The zero-order valence-corrected chi connectivity index (χ0v) is 17.3. The van der Waals surface area contributed by atoms with Crippen LogP contribution in [0.3, 0.4) is 0 Å². The number of methoxy groups -OCH3 is 1. The van der Waals surface area contributed by atoms with E-state index in [1.54, 1.807) is 32.2 Å². The second-order valence-electron chi connectivity index (χ2n) is 7.03. The molecule has 30 heavy (non-hydrogen) atoms. The molecule has 0 aliphatic rings. The number of carboxylic acid groups (broad SMARTS) is 1. The highest BCUT2D eigenvalue weighted by Gasteiger charge is 2.10. The maximum absolute atomic E-state index is 11.3. The van der Waals surface area contributed by atoms with Gasteiger partial charge in [0, 0.05) is 23.9 Å². The van der Waals surface area contributed by atoms with Crippen molar-refractivity contribution in [2.24, 2.45) is 0 Å². The first-order valence-electron chi connectivity index (χ1n) is 9.96. The van der Waals surface area contributed by atoms with Gasteiger partial charge < -0.3 is 14.6 Å². The number of hydrogen-bond acceptors (Lipinski definition) is 5. The van der Waals surface area contributed by atoms with Crippen LogP contribution in [0.15, 0.2) is 54.6 Å². The Morgan fingerprint density at radius 2 is 1.80 bits per heavy atom. The SMILES string of the molecule is COc1ccc(OCCc2ccccc2)c(CCCc2cc(C(=O)O)cc(C)n2)n1. The van der Waals surface area contributed by atoms with E-state index in [9.17, 15) is 9.90 Å². The van der Waals surface area contributed by atoms with Gasteiger partial charge in [0.1, 0.15) is 5.75 Å². The molecule has 0 amide bonds. The van der Waals surface area contributed by atoms with Crippen LogP contribution in [-0.2, 0) is 19.3 Å². The fourth-order valence-corrected chi connectivity index (χ4v) is 3.24. The minimum Gasteiger partial charge on any atom is -0.491 e. The fourth-order valence-electron chi connectivity index (χ4n) is 3.24. The van der Waals surface area contributed by atoms with Gasteiger partial charge in [-0.2, -0.15) is 0 Å². The maximum atomic E-state index is 11.3. The van der Waals surface area contributed by atoms with Gasteiger partial charge in [-0.05, 0) is 49.9 Å². The molecule has 0 radical (unpaired) electrons. The summed E-state index contributed by atoms with van der Waals surface area (Å²) in [4.78, 5) is 20.2. The van der Waals surface area contributed by atoms with Gasteiger partial charge in [0.15, 0.2) is 0 Å². The van der Waals surface area contributed by atoms with Gasteiger partial charge in [-0.1, -0.05) is 30.3 Å². The summed E-state index contributed by atoms with van der Waals surface area (Å²) >= 11 is 0. The van der Waals surface area contributed by atoms with Crippen LogP contribution in [0.25, 0.3) is 0 Å². The highest BCUT2D eigenvalue weighted by atomic mass is 16.5. The second kappa shape index (κ2) is 10.4. The van der Waals surface area contributed by atoms with Crippen molar-refractivity contribution >= 4 is 5.97 Å². The van der Waals surface area contributed by atoms with E-state index in [1.165, 1.54) is 5.56 Å². The number of carbonyl (C=O) groups is 1. The Morgan fingerprint density at radius 3 is 2.53 bits per heavy atom. The molecule has 2 heterocycles. The number of carboxylic acids is 1. The lowest BCUT2D eigenvalue weighted by Gasteiger charge is -2.12. The average molecular weight is 406 g/mol. The van der Waals surface area contributed by atoms with Gasteiger partial charge in [0.25, 0.3) is 0 Å². The smallest absolute Gasteiger partial charge is 0.335 e. The summed E-state index contributed by atoms with van der Waals surface area (Å²) in [5.41, 5.74) is 3.78. The summed E-state index contributed by atoms with van der Waals surface area (Å²) in [6, 6.07) is 17.1. The lowest BCUT2D eigenvalue weighted by molar-refractivity contribution is 0.0696. The summed E-state index contributed by atoms with van der Waals surface area (Å²) in [6.07, 6.45) is 2.92. The Hall–Kier alpha value is -3.41. The molecule has 3 aromatic rings. The van der Waals surface area contributed by atoms with Crippen molar-refractivity contribution in [1.82, 2.24) is 9.97 Å². The number of pyridine rings is 2. The Labute approximate surface area is 176 Å². The van der Waals surface area contributed by atoms with Gasteiger partial charge in [-0.25, -0.2) is 9.78 Å². The lowest BCUT2D eigenvalue weighted by Crippen LogP contribution is -2.06. The standard InChI is InChI=1S/C24H26N2O4/c1-17-15-19(24(27)28)16-20(25-17)9-6-10-21-22(11-12-23(26-21)29-2)30-14-13-18-7-4-3-5-8-18/h3-5,7-8,11-12,15-16H,6,9-10,13-14H2,1-2H3,(H,27,28). The molecule has 0 saturated carbocycles. The van der Waals surface area contributed by atoms with Crippen LogP contribution in [0.5, 0.6) is 11.6 Å². The molecule has 0 saturated heterocycles. The number of benzene rings is 1. The van der Waals surface area contributed by atoms with Gasteiger partial charge in [-0.3, -0.25) is 4.98 Å². The van der Waals surface area contributed by atoms with E-state index in [4.69, 9.17) is 9.47 Å². The number of aromatic carboxylic acids is 1. The van der Waals surface area contributed by atoms with Crippen molar-refractivity contribution in [2.45, 2.75) is 32.6 Å². The van der Waals surface area contributed by atoms with Crippen molar-refractivity contribution in [3.63, 3.8) is 0 Å². The van der Waals surface area contributed by atoms with E-state index in [2.05, 4.69) is 22.1 Å². The third kappa shape index (κ3) is 6.04. The molecule has 0 aliphatic carbocycles. The zero-order chi connectivity index (χ0) is 21.3. The normalized spacial score (nSPS) is 10.6. The Bertz CT molecular complexity index is 990. The lowest BCUT2D eigenvalue weighted by atomic mass is 10.1. The van der Waals surface area contributed by atoms with Crippen molar-refractivity contribution in [2.75, 3.05) is 13.7 Å². The van der Waals surface area contributed by atoms with Crippen LogP contribution in [0, 0.1) is 6.92 Å². The van der Waals surface area contributed by atoms with Gasteiger partial charge in [0.05, 0.1) is 25.0 Å². The molecule has 3 rings (SSSR count). The Morgan fingerprint density at radius 1 is 1.00 bits per heavy atom. The topological polar surface area (TPSA) is 81.5 Å². The number of nitrogens with zero attached hydrogens (tertiary/aromatic N) is 2. The van der Waals surface area contributed by atoms with Crippen LogP contribution in [0.2, 0.25) is 0 Å². The molecular formula is C24H26N2O4. The molecule has 1 N–H and O–H groups in total.